The zero-order chi connectivity index (χ0) is 26.9. The second kappa shape index (κ2) is 9.85. The third-order valence-corrected chi connectivity index (χ3v) is 5.68. The van der Waals surface area contributed by atoms with Crippen LogP contribution in [0.25, 0.3) is 33.8 Å². The number of anilines is 3. The SMILES string of the molecule is CNc1ccc(-c2cnc3nc(-c4cc(NC(=O)Nc5ccc(C(F)(F)F)cc5)ccc4F)oc3c2)cc1. The molecular formula is C27H19F4N5O2. The predicted molar refractivity (Wildman–Crippen MR) is 136 cm³/mol. The fourth-order valence-corrected chi connectivity index (χ4v) is 3.72. The van der Waals surface area contributed by atoms with Gasteiger partial charge in [-0.2, -0.15) is 18.2 Å². The Morgan fingerprint density at radius 2 is 1.50 bits per heavy atom. The number of halogens is 4. The van der Waals surface area contributed by atoms with Crippen molar-refractivity contribution >= 4 is 34.3 Å². The van der Waals surface area contributed by atoms with E-state index in [1.54, 1.807) is 12.3 Å². The molecule has 7 nitrogen and oxygen atoms in total. The van der Waals surface area contributed by atoms with Gasteiger partial charge in [0.2, 0.25) is 5.89 Å². The van der Waals surface area contributed by atoms with Crippen LogP contribution in [0.15, 0.2) is 83.4 Å². The Morgan fingerprint density at radius 1 is 0.842 bits per heavy atom. The minimum absolute atomic E-state index is 0.00440. The van der Waals surface area contributed by atoms with Gasteiger partial charge in [0, 0.05) is 35.9 Å². The summed E-state index contributed by atoms with van der Waals surface area (Å²) < 4.78 is 58.6. The normalized spacial score (nSPS) is 11.4. The number of nitrogens with zero attached hydrogens (tertiary/aromatic N) is 2. The van der Waals surface area contributed by atoms with Crippen LogP contribution in [0.3, 0.4) is 0 Å². The zero-order valence-electron chi connectivity index (χ0n) is 19.7. The molecule has 11 heteroatoms. The molecule has 0 aliphatic heterocycles. The van der Waals surface area contributed by atoms with E-state index < -0.39 is 23.6 Å². The number of hydrogen-bond acceptors (Lipinski definition) is 5. The summed E-state index contributed by atoms with van der Waals surface area (Å²) in [6.45, 7) is 0. The second-order valence-corrected chi connectivity index (χ2v) is 8.24. The Bertz CT molecular complexity index is 1610. The van der Waals surface area contributed by atoms with Crippen LogP contribution < -0.4 is 16.0 Å². The Hall–Kier alpha value is -4.93. The molecule has 2 heterocycles. The molecule has 0 spiro atoms. The van der Waals surface area contributed by atoms with E-state index in [2.05, 4.69) is 25.9 Å². The predicted octanol–water partition coefficient (Wildman–Crippen LogP) is 7.40. The number of urea groups is 1. The molecule has 0 radical (unpaired) electrons. The number of rotatable bonds is 5. The van der Waals surface area contributed by atoms with Crippen molar-refractivity contribution in [1.29, 1.82) is 0 Å². The third kappa shape index (κ3) is 5.26. The Balaban J connectivity index is 1.34. The van der Waals surface area contributed by atoms with Crippen molar-refractivity contribution in [3.8, 4) is 22.6 Å². The molecule has 0 bridgehead atoms. The molecule has 38 heavy (non-hydrogen) atoms. The topological polar surface area (TPSA) is 92.1 Å². The van der Waals surface area contributed by atoms with Crippen molar-refractivity contribution in [3.05, 3.63) is 90.4 Å². The first-order valence-electron chi connectivity index (χ1n) is 11.3. The summed E-state index contributed by atoms with van der Waals surface area (Å²) in [6.07, 6.45) is -2.84. The van der Waals surface area contributed by atoms with Crippen LogP contribution in [0.5, 0.6) is 0 Å². The van der Waals surface area contributed by atoms with E-state index in [0.717, 1.165) is 47.1 Å². The average Bonchev–Trinajstić information content (AvgIpc) is 3.33. The Kier molecular flexibility index (Phi) is 6.41. The van der Waals surface area contributed by atoms with E-state index >= 15 is 0 Å². The second-order valence-electron chi connectivity index (χ2n) is 8.24. The van der Waals surface area contributed by atoms with Gasteiger partial charge in [-0.25, -0.2) is 14.2 Å². The fraction of sp³-hybridized carbons (Fsp3) is 0.0741. The van der Waals surface area contributed by atoms with E-state index in [-0.39, 0.29) is 28.5 Å². The lowest BCUT2D eigenvalue weighted by Crippen LogP contribution is -2.19. The standard InChI is InChI=1S/C27H19F4N5O2/c1-32-18-6-2-15(3-7-18)16-12-23-24(33-14-16)36-25(38-23)21-13-20(10-11-22(21)28)35-26(37)34-19-8-4-17(5-9-19)27(29,30)31/h2-14,32H,1H3,(H2,34,35,37). The molecule has 0 aliphatic rings. The summed E-state index contributed by atoms with van der Waals surface area (Å²) in [5, 5.41) is 8.00. The summed E-state index contributed by atoms with van der Waals surface area (Å²) >= 11 is 0. The van der Waals surface area contributed by atoms with Crippen LogP contribution in [-0.4, -0.2) is 23.0 Å². The van der Waals surface area contributed by atoms with Crippen molar-refractivity contribution < 1.29 is 26.8 Å². The van der Waals surface area contributed by atoms with Crippen LogP contribution in [0.4, 0.5) is 39.4 Å². The molecule has 0 saturated carbocycles. The Morgan fingerprint density at radius 3 is 2.18 bits per heavy atom. The molecule has 0 atom stereocenters. The van der Waals surface area contributed by atoms with E-state index in [1.165, 1.54) is 12.1 Å². The molecule has 2 amide bonds. The smallest absolute Gasteiger partial charge is 0.416 e. The van der Waals surface area contributed by atoms with Gasteiger partial charge >= 0.3 is 12.2 Å². The number of alkyl halides is 3. The summed E-state index contributed by atoms with van der Waals surface area (Å²) in [7, 11) is 1.83. The summed E-state index contributed by atoms with van der Waals surface area (Å²) in [5.41, 5.74) is 2.83. The van der Waals surface area contributed by atoms with E-state index in [0.29, 0.717) is 5.58 Å². The minimum atomic E-state index is -4.48. The van der Waals surface area contributed by atoms with Crippen molar-refractivity contribution in [3.63, 3.8) is 0 Å². The third-order valence-electron chi connectivity index (χ3n) is 5.68. The first-order valence-corrected chi connectivity index (χ1v) is 11.3. The number of amides is 2. The van der Waals surface area contributed by atoms with E-state index in [4.69, 9.17) is 4.42 Å². The van der Waals surface area contributed by atoms with Gasteiger partial charge in [0.05, 0.1) is 11.1 Å². The molecule has 3 aromatic carbocycles. The molecule has 0 saturated heterocycles. The van der Waals surface area contributed by atoms with E-state index in [1.807, 2.05) is 31.3 Å². The number of nitrogens with one attached hydrogen (secondary N) is 3. The lowest BCUT2D eigenvalue weighted by atomic mass is 10.1. The molecule has 2 aromatic heterocycles. The van der Waals surface area contributed by atoms with Crippen LogP contribution in [-0.2, 0) is 6.18 Å². The highest BCUT2D eigenvalue weighted by Crippen LogP contribution is 2.31. The molecule has 0 unspecified atom stereocenters. The van der Waals surface area contributed by atoms with Gasteiger partial charge in [-0.3, -0.25) is 0 Å². The fourth-order valence-electron chi connectivity index (χ4n) is 3.72. The molecule has 0 fully saturated rings. The number of hydrogen-bond donors (Lipinski definition) is 3. The number of carbonyl (C=O) groups excluding carboxylic acids is 1. The lowest BCUT2D eigenvalue weighted by Gasteiger charge is -2.10. The molecule has 3 N–H and O–H groups in total. The van der Waals surface area contributed by atoms with Crippen LogP contribution in [0, 0.1) is 5.82 Å². The van der Waals surface area contributed by atoms with Crippen molar-refractivity contribution in [2.75, 3.05) is 23.0 Å². The number of fused-ring (bicyclic) bond motifs is 1. The maximum atomic E-state index is 14.7. The zero-order valence-corrected chi connectivity index (χ0v) is 19.7. The Labute approximate surface area is 213 Å². The minimum Gasteiger partial charge on any atom is -0.434 e. The van der Waals surface area contributed by atoms with Crippen LogP contribution in [0.2, 0.25) is 0 Å². The quantitative estimate of drug-likeness (QED) is 0.210. The van der Waals surface area contributed by atoms with Gasteiger partial charge in [0.15, 0.2) is 11.2 Å². The summed E-state index contributed by atoms with van der Waals surface area (Å²) in [4.78, 5) is 21.0. The maximum absolute atomic E-state index is 14.7. The van der Waals surface area contributed by atoms with Gasteiger partial charge in [0.25, 0.3) is 0 Å². The molecule has 5 rings (SSSR count). The average molecular weight is 521 g/mol. The van der Waals surface area contributed by atoms with Crippen molar-refractivity contribution in [2.24, 2.45) is 0 Å². The number of pyridine rings is 1. The first-order chi connectivity index (χ1) is 18.2. The highest BCUT2D eigenvalue weighted by molar-refractivity contribution is 6.00. The van der Waals surface area contributed by atoms with Crippen LogP contribution in [0.1, 0.15) is 5.56 Å². The first kappa shape index (κ1) is 24.8. The lowest BCUT2D eigenvalue weighted by molar-refractivity contribution is -0.137. The van der Waals surface area contributed by atoms with Gasteiger partial charge in [0.1, 0.15) is 5.82 Å². The number of aromatic nitrogens is 2. The highest BCUT2D eigenvalue weighted by atomic mass is 19.4. The largest absolute Gasteiger partial charge is 0.434 e. The number of oxazole rings is 1. The molecular weight excluding hydrogens is 502 g/mol. The highest BCUT2D eigenvalue weighted by Gasteiger charge is 2.30. The monoisotopic (exact) mass is 521 g/mol. The molecule has 5 aromatic rings. The van der Waals surface area contributed by atoms with Gasteiger partial charge in [-0.1, -0.05) is 12.1 Å². The summed E-state index contributed by atoms with van der Waals surface area (Å²) in [5.74, 6) is -0.660. The van der Waals surface area contributed by atoms with Gasteiger partial charge < -0.3 is 20.4 Å². The number of carbonyl (C=O) groups is 1. The van der Waals surface area contributed by atoms with Crippen molar-refractivity contribution in [1.82, 2.24) is 9.97 Å². The number of benzene rings is 3. The van der Waals surface area contributed by atoms with Gasteiger partial charge in [-0.05, 0) is 66.2 Å². The molecule has 0 aliphatic carbocycles. The van der Waals surface area contributed by atoms with E-state index in [9.17, 15) is 22.4 Å². The molecule has 192 valence electrons. The van der Waals surface area contributed by atoms with Gasteiger partial charge in [-0.15, -0.1) is 0 Å². The summed E-state index contributed by atoms with van der Waals surface area (Å²) in [6, 6.07) is 16.5. The maximum Gasteiger partial charge on any atom is 0.416 e. The van der Waals surface area contributed by atoms with Crippen molar-refractivity contribution in [2.45, 2.75) is 6.18 Å². The van der Waals surface area contributed by atoms with Crippen LogP contribution >= 0.6 is 0 Å².